The molecule has 0 radical (unpaired) electrons. The second-order valence-electron chi connectivity index (χ2n) is 8.57. The summed E-state index contributed by atoms with van der Waals surface area (Å²) in [4.78, 5) is 10.4. The van der Waals surface area contributed by atoms with E-state index in [0.717, 1.165) is 19.3 Å². The van der Waals surface area contributed by atoms with Gasteiger partial charge in [0, 0.05) is 17.4 Å². The molecule has 5 rings (SSSR count). The lowest BCUT2D eigenvalue weighted by Crippen LogP contribution is -2.66. The summed E-state index contributed by atoms with van der Waals surface area (Å²) in [6, 6.07) is 7.03. The van der Waals surface area contributed by atoms with Gasteiger partial charge in [-0.15, -0.1) is 0 Å². The van der Waals surface area contributed by atoms with Crippen LogP contribution in [0.4, 0.5) is 5.69 Å². The first kappa shape index (κ1) is 15.2. The highest BCUT2D eigenvalue weighted by molar-refractivity contribution is 6.51. The highest BCUT2D eigenvalue weighted by atomic mass is 16.7. The Morgan fingerprint density at radius 2 is 1.48 bits per heavy atom. The summed E-state index contributed by atoms with van der Waals surface area (Å²) < 4.78 is 12.5. The van der Waals surface area contributed by atoms with Crippen molar-refractivity contribution in [1.29, 1.82) is 0 Å². The molecule has 0 N–H and O–H groups in total. The fourth-order valence-electron chi connectivity index (χ4n) is 4.45. The number of nitrogens with zero attached hydrogens (tertiary/aromatic N) is 1. The van der Waals surface area contributed by atoms with Crippen LogP contribution in [0.25, 0.3) is 0 Å². The van der Waals surface area contributed by atoms with E-state index in [1.165, 1.54) is 5.56 Å². The lowest BCUT2D eigenvalue weighted by atomic mass is 9.23. The number of non-ortho nitro benzene ring substituents is 1. The monoisotopic (exact) mass is 315 g/mol. The quantitative estimate of drug-likeness (QED) is 0.483. The SMILES string of the molecule is CC1(C)OB(C23CC(c4ccc([N+](=O)[O-])cc4)(C2)C3)OC1(C)C. The maximum absolute atomic E-state index is 10.8. The Labute approximate surface area is 136 Å². The second-order valence-corrected chi connectivity index (χ2v) is 8.57. The fraction of sp³-hybridized carbons (Fsp3) is 0.647. The number of hydrogen-bond donors (Lipinski definition) is 0. The molecule has 1 aromatic rings. The molecule has 2 bridgehead atoms. The van der Waals surface area contributed by atoms with Crippen LogP contribution in [0.5, 0.6) is 0 Å². The van der Waals surface area contributed by atoms with Crippen LogP contribution in [0, 0.1) is 10.1 Å². The van der Waals surface area contributed by atoms with Crippen molar-refractivity contribution in [3.8, 4) is 0 Å². The molecule has 0 spiro atoms. The van der Waals surface area contributed by atoms with Gasteiger partial charge in [-0.3, -0.25) is 10.1 Å². The van der Waals surface area contributed by atoms with Crippen LogP contribution in [0.15, 0.2) is 24.3 Å². The van der Waals surface area contributed by atoms with Gasteiger partial charge >= 0.3 is 7.12 Å². The molecule has 1 heterocycles. The standard InChI is InChI=1S/C17H22BNO4/c1-14(2)15(3,4)23-18(22-14)17-9-16(10-17,11-17)12-5-7-13(8-6-12)19(20)21/h5-8H,9-11H2,1-4H3. The summed E-state index contributed by atoms with van der Waals surface area (Å²) >= 11 is 0. The van der Waals surface area contributed by atoms with Crippen LogP contribution in [-0.4, -0.2) is 23.2 Å². The van der Waals surface area contributed by atoms with Gasteiger partial charge in [0.25, 0.3) is 5.69 Å². The van der Waals surface area contributed by atoms with Crippen LogP contribution in [-0.2, 0) is 14.7 Å². The fourth-order valence-corrected chi connectivity index (χ4v) is 4.45. The van der Waals surface area contributed by atoms with E-state index in [4.69, 9.17) is 9.31 Å². The van der Waals surface area contributed by atoms with Crippen molar-refractivity contribution >= 4 is 12.8 Å². The van der Waals surface area contributed by atoms with Crippen LogP contribution in [0.2, 0.25) is 5.31 Å². The van der Waals surface area contributed by atoms with Gasteiger partial charge in [-0.25, -0.2) is 0 Å². The normalized spacial score (nSPS) is 36.3. The van der Waals surface area contributed by atoms with Crippen LogP contribution < -0.4 is 0 Å². The van der Waals surface area contributed by atoms with Crippen LogP contribution in [0.1, 0.15) is 52.5 Å². The molecule has 1 saturated heterocycles. The van der Waals surface area contributed by atoms with Crippen molar-refractivity contribution in [3.05, 3.63) is 39.9 Å². The topological polar surface area (TPSA) is 61.6 Å². The van der Waals surface area contributed by atoms with E-state index in [-0.39, 0.29) is 39.7 Å². The number of benzene rings is 1. The third-order valence-corrected chi connectivity index (χ3v) is 6.52. The maximum Gasteiger partial charge on any atom is 0.464 e. The Hall–Kier alpha value is -1.40. The van der Waals surface area contributed by atoms with Gasteiger partial charge in [0.05, 0.1) is 16.1 Å². The highest BCUT2D eigenvalue weighted by Crippen LogP contribution is 2.80. The minimum Gasteiger partial charge on any atom is -0.403 e. The Bertz CT molecular complexity index is 647. The molecule has 6 heteroatoms. The maximum atomic E-state index is 10.8. The van der Waals surface area contributed by atoms with Gasteiger partial charge in [-0.1, -0.05) is 12.1 Å². The van der Waals surface area contributed by atoms with E-state index in [0.29, 0.717) is 0 Å². The molecule has 1 aromatic carbocycles. The molecule has 122 valence electrons. The van der Waals surface area contributed by atoms with Gasteiger partial charge in [-0.2, -0.15) is 0 Å². The molecule has 0 amide bonds. The number of nitro benzene ring substituents is 1. The molecule has 4 aliphatic rings. The summed E-state index contributed by atoms with van der Waals surface area (Å²) in [6.07, 6.45) is 3.15. The Balaban J connectivity index is 1.48. The number of rotatable bonds is 3. The van der Waals surface area contributed by atoms with Crippen molar-refractivity contribution in [2.45, 2.75) is 68.9 Å². The average Bonchev–Trinajstić information content (AvgIpc) is 2.55. The first-order chi connectivity index (χ1) is 10.6. The number of nitro groups is 1. The van der Waals surface area contributed by atoms with Gasteiger partial charge in [0.15, 0.2) is 0 Å². The van der Waals surface area contributed by atoms with E-state index in [2.05, 4.69) is 27.7 Å². The second kappa shape index (κ2) is 4.17. The van der Waals surface area contributed by atoms with Gasteiger partial charge in [-0.05, 0) is 57.9 Å². The Kier molecular flexibility index (Phi) is 2.74. The molecule has 3 saturated carbocycles. The minimum atomic E-state index is -0.350. The predicted octanol–water partition coefficient (Wildman–Crippen LogP) is 3.86. The molecule has 0 atom stereocenters. The zero-order valence-electron chi connectivity index (χ0n) is 14.1. The largest absolute Gasteiger partial charge is 0.464 e. The number of hydrogen-bond acceptors (Lipinski definition) is 4. The van der Waals surface area contributed by atoms with E-state index >= 15 is 0 Å². The van der Waals surface area contributed by atoms with E-state index in [1.807, 2.05) is 12.1 Å². The molecule has 5 nitrogen and oxygen atoms in total. The zero-order chi connectivity index (χ0) is 16.7. The summed E-state index contributed by atoms with van der Waals surface area (Å²) in [5, 5.41) is 10.9. The first-order valence-electron chi connectivity index (χ1n) is 8.20. The summed E-state index contributed by atoms with van der Waals surface area (Å²) in [5.41, 5.74) is 0.975. The highest BCUT2D eigenvalue weighted by Gasteiger charge is 2.76. The van der Waals surface area contributed by atoms with Crippen molar-refractivity contribution in [3.63, 3.8) is 0 Å². The van der Waals surface area contributed by atoms with Crippen LogP contribution in [0.3, 0.4) is 0 Å². The van der Waals surface area contributed by atoms with Crippen molar-refractivity contribution < 1.29 is 14.2 Å². The summed E-state index contributed by atoms with van der Waals surface area (Å²) in [5.74, 6) is 0. The molecule has 0 unspecified atom stereocenters. The third kappa shape index (κ3) is 1.88. The van der Waals surface area contributed by atoms with Gasteiger partial charge in [0.1, 0.15) is 0 Å². The summed E-state index contributed by atoms with van der Waals surface area (Å²) in [6.45, 7) is 8.35. The first-order valence-corrected chi connectivity index (χ1v) is 8.20. The molecule has 23 heavy (non-hydrogen) atoms. The molecule has 0 aromatic heterocycles. The van der Waals surface area contributed by atoms with Gasteiger partial charge in [0.2, 0.25) is 0 Å². The van der Waals surface area contributed by atoms with Crippen molar-refractivity contribution in [2.75, 3.05) is 0 Å². The Morgan fingerprint density at radius 1 is 1.00 bits per heavy atom. The van der Waals surface area contributed by atoms with Crippen LogP contribution >= 0.6 is 0 Å². The lowest BCUT2D eigenvalue weighted by molar-refractivity contribution is -0.384. The predicted molar refractivity (Wildman–Crippen MR) is 87.4 cm³/mol. The molecular formula is C17H22BNO4. The average molecular weight is 315 g/mol. The minimum absolute atomic E-state index is 0.132. The molecule has 4 fully saturated rings. The molecule has 3 aliphatic carbocycles. The van der Waals surface area contributed by atoms with Gasteiger partial charge < -0.3 is 9.31 Å². The van der Waals surface area contributed by atoms with E-state index in [9.17, 15) is 10.1 Å². The van der Waals surface area contributed by atoms with E-state index in [1.54, 1.807) is 12.1 Å². The Morgan fingerprint density at radius 3 is 1.91 bits per heavy atom. The van der Waals surface area contributed by atoms with E-state index < -0.39 is 0 Å². The lowest BCUT2D eigenvalue weighted by Gasteiger charge is -2.71. The molecule has 1 aliphatic heterocycles. The van der Waals surface area contributed by atoms with Crippen molar-refractivity contribution in [2.24, 2.45) is 0 Å². The summed E-state index contributed by atoms with van der Waals surface area (Å²) in [7, 11) is -0.132. The third-order valence-electron chi connectivity index (χ3n) is 6.52. The molecular weight excluding hydrogens is 293 g/mol. The van der Waals surface area contributed by atoms with Crippen molar-refractivity contribution in [1.82, 2.24) is 0 Å². The smallest absolute Gasteiger partial charge is 0.403 e. The zero-order valence-corrected chi connectivity index (χ0v) is 14.1.